The van der Waals surface area contributed by atoms with E-state index in [0.717, 1.165) is 32.4 Å². The van der Waals surface area contributed by atoms with E-state index < -0.39 is 0 Å². The molecule has 0 radical (unpaired) electrons. The molecule has 0 saturated carbocycles. The third-order valence-electron chi connectivity index (χ3n) is 2.88. The van der Waals surface area contributed by atoms with Gasteiger partial charge in [0.15, 0.2) is 0 Å². The first-order valence-corrected chi connectivity index (χ1v) is 7.33. The standard InChI is InChI=1S/C13H15Br2N3/c1-8-13(15)9(2)18(17-8)12-4-3-10(5-6-16)7-11(12)14/h3-4,7H,5-6,16H2,1-2H3. The molecule has 1 aromatic carbocycles. The van der Waals surface area contributed by atoms with Crippen LogP contribution in [0.5, 0.6) is 0 Å². The molecule has 96 valence electrons. The lowest BCUT2D eigenvalue weighted by Gasteiger charge is -2.09. The summed E-state index contributed by atoms with van der Waals surface area (Å²) >= 11 is 7.15. The van der Waals surface area contributed by atoms with Gasteiger partial charge in [0.25, 0.3) is 0 Å². The number of hydrogen-bond donors (Lipinski definition) is 1. The van der Waals surface area contributed by atoms with E-state index in [-0.39, 0.29) is 0 Å². The SMILES string of the molecule is Cc1nn(-c2ccc(CCN)cc2Br)c(C)c1Br. The van der Waals surface area contributed by atoms with Crippen molar-refractivity contribution >= 4 is 31.9 Å². The lowest BCUT2D eigenvalue weighted by atomic mass is 10.1. The zero-order chi connectivity index (χ0) is 13.3. The molecular formula is C13H15Br2N3. The predicted octanol–water partition coefficient (Wildman–Crippen LogP) is 3.52. The van der Waals surface area contributed by atoms with Gasteiger partial charge in [0, 0.05) is 4.47 Å². The minimum absolute atomic E-state index is 0.664. The summed E-state index contributed by atoms with van der Waals surface area (Å²) in [6.07, 6.45) is 0.889. The van der Waals surface area contributed by atoms with E-state index in [2.05, 4.69) is 55.2 Å². The van der Waals surface area contributed by atoms with Crippen LogP contribution in [-0.2, 0) is 6.42 Å². The monoisotopic (exact) mass is 371 g/mol. The van der Waals surface area contributed by atoms with Gasteiger partial charge in [0.2, 0.25) is 0 Å². The number of rotatable bonds is 3. The first-order valence-electron chi connectivity index (χ1n) is 5.75. The van der Waals surface area contributed by atoms with Crippen LogP contribution in [-0.4, -0.2) is 16.3 Å². The molecule has 18 heavy (non-hydrogen) atoms. The van der Waals surface area contributed by atoms with Crippen molar-refractivity contribution in [2.24, 2.45) is 5.73 Å². The van der Waals surface area contributed by atoms with Gasteiger partial charge in [0.05, 0.1) is 21.5 Å². The van der Waals surface area contributed by atoms with E-state index in [4.69, 9.17) is 5.73 Å². The Morgan fingerprint density at radius 3 is 2.50 bits per heavy atom. The molecule has 2 rings (SSSR count). The lowest BCUT2D eigenvalue weighted by Crippen LogP contribution is -2.04. The van der Waals surface area contributed by atoms with Crippen molar-refractivity contribution in [1.82, 2.24) is 9.78 Å². The van der Waals surface area contributed by atoms with E-state index >= 15 is 0 Å². The molecule has 0 aliphatic heterocycles. The summed E-state index contributed by atoms with van der Waals surface area (Å²) in [4.78, 5) is 0. The molecule has 0 bridgehead atoms. The van der Waals surface area contributed by atoms with Crippen LogP contribution in [0.25, 0.3) is 5.69 Å². The quantitative estimate of drug-likeness (QED) is 0.895. The predicted molar refractivity (Wildman–Crippen MR) is 81.2 cm³/mol. The molecule has 0 atom stereocenters. The van der Waals surface area contributed by atoms with E-state index in [9.17, 15) is 0 Å². The second-order valence-electron chi connectivity index (χ2n) is 4.22. The molecule has 3 nitrogen and oxygen atoms in total. The molecule has 0 aliphatic rings. The smallest absolute Gasteiger partial charge is 0.0791 e. The topological polar surface area (TPSA) is 43.8 Å². The Labute approximate surface area is 124 Å². The fourth-order valence-corrected chi connectivity index (χ4v) is 2.74. The number of hydrogen-bond acceptors (Lipinski definition) is 2. The Balaban J connectivity index is 2.48. The molecular weight excluding hydrogens is 358 g/mol. The summed E-state index contributed by atoms with van der Waals surface area (Å²) in [6.45, 7) is 4.70. The van der Waals surface area contributed by atoms with E-state index in [1.807, 2.05) is 18.5 Å². The minimum Gasteiger partial charge on any atom is -0.330 e. The molecule has 2 N–H and O–H groups in total. The van der Waals surface area contributed by atoms with Crippen molar-refractivity contribution in [3.05, 3.63) is 44.1 Å². The van der Waals surface area contributed by atoms with Crippen LogP contribution in [0.3, 0.4) is 0 Å². The number of halogens is 2. The normalized spacial score (nSPS) is 10.9. The zero-order valence-electron chi connectivity index (χ0n) is 10.4. The summed E-state index contributed by atoms with van der Waals surface area (Å²) < 4.78 is 4.03. The van der Waals surface area contributed by atoms with Crippen molar-refractivity contribution in [3.8, 4) is 5.69 Å². The Hall–Kier alpha value is -0.650. The average Bonchev–Trinajstić information content (AvgIpc) is 2.58. The number of benzene rings is 1. The molecule has 0 saturated heterocycles. The maximum Gasteiger partial charge on any atom is 0.0791 e. The van der Waals surface area contributed by atoms with Gasteiger partial charge in [0.1, 0.15) is 0 Å². The van der Waals surface area contributed by atoms with Crippen LogP contribution in [0.2, 0.25) is 0 Å². The highest BCUT2D eigenvalue weighted by Gasteiger charge is 2.12. The first-order chi connectivity index (χ1) is 8.54. The molecule has 1 aromatic heterocycles. The Bertz CT molecular complexity index is 576. The molecule has 0 spiro atoms. The van der Waals surface area contributed by atoms with E-state index in [0.29, 0.717) is 6.54 Å². The van der Waals surface area contributed by atoms with E-state index in [1.165, 1.54) is 5.56 Å². The molecule has 0 unspecified atom stereocenters. The summed E-state index contributed by atoms with van der Waals surface area (Å²) in [5.41, 5.74) is 9.93. The minimum atomic E-state index is 0.664. The first kappa shape index (κ1) is 13.8. The molecule has 0 aliphatic carbocycles. The summed E-state index contributed by atoms with van der Waals surface area (Å²) in [5.74, 6) is 0. The average molecular weight is 373 g/mol. The molecule has 2 aromatic rings. The van der Waals surface area contributed by atoms with Gasteiger partial charge in [-0.3, -0.25) is 0 Å². The third kappa shape index (κ3) is 2.53. The molecule has 0 amide bonds. The van der Waals surface area contributed by atoms with Gasteiger partial charge in [-0.05, 0) is 76.4 Å². The third-order valence-corrected chi connectivity index (χ3v) is 4.66. The number of aryl methyl sites for hydroxylation is 1. The van der Waals surface area contributed by atoms with Crippen molar-refractivity contribution in [2.75, 3.05) is 6.54 Å². The molecule has 1 heterocycles. The molecule has 0 fully saturated rings. The fraction of sp³-hybridized carbons (Fsp3) is 0.308. The highest BCUT2D eigenvalue weighted by Crippen LogP contribution is 2.27. The fourth-order valence-electron chi connectivity index (χ4n) is 1.90. The second kappa shape index (κ2) is 5.55. The van der Waals surface area contributed by atoms with Crippen LogP contribution in [0.1, 0.15) is 17.0 Å². The largest absolute Gasteiger partial charge is 0.330 e. The van der Waals surface area contributed by atoms with Crippen molar-refractivity contribution in [2.45, 2.75) is 20.3 Å². The second-order valence-corrected chi connectivity index (χ2v) is 5.87. The van der Waals surface area contributed by atoms with Crippen molar-refractivity contribution < 1.29 is 0 Å². The van der Waals surface area contributed by atoms with Crippen LogP contribution in [0.4, 0.5) is 0 Å². The van der Waals surface area contributed by atoms with Gasteiger partial charge in [-0.15, -0.1) is 0 Å². The number of nitrogens with two attached hydrogens (primary N) is 1. The van der Waals surface area contributed by atoms with Crippen molar-refractivity contribution in [1.29, 1.82) is 0 Å². The Morgan fingerprint density at radius 1 is 1.28 bits per heavy atom. The summed E-state index contributed by atoms with van der Waals surface area (Å²) in [5, 5.41) is 4.53. The highest BCUT2D eigenvalue weighted by atomic mass is 79.9. The van der Waals surface area contributed by atoms with Gasteiger partial charge in [-0.25, -0.2) is 4.68 Å². The van der Waals surface area contributed by atoms with Gasteiger partial charge in [-0.2, -0.15) is 5.10 Å². The van der Waals surface area contributed by atoms with Gasteiger partial charge in [-0.1, -0.05) is 6.07 Å². The molecule has 5 heteroatoms. The zero-order valence-corrected chi connectivity index (χ0v) is 13.5. The van der Waals surface area contributed by atoms with Crippen LogP contribution >= 0.6 is 31.9 Å². The number of aromatic nitrogens is 2. The van der Waals surface area contributed by atoms with Crippen LogP contribution in [0, 0.1) is 13.8 Å². The highest BCUT2D eigenvalue weighted by molar-refractivity contribution is 9.11. The summed E-state index contributed by atoms with van der Waals surface area (Å²) in [6, 6.07) is 6.27. The Morgan fingerprint density at radius 2 is 2.00 bits per heavy atom. The van der Waals surface area contributed by atoms with Crippen LogP contribution < -0.4 is 5.73 Å². The van der Waals surface area contributed by atoms with E-state index in [1.54, 1.807) is 0 Å². The Kier molecular flexibility index (Phi) is 4.25. The lowest BCUT2D eigenvalue weighted by molar-refractivity contribution is 0.828. The summed E-state index contributed by atoms with van der Waals surface area (Å²) in [7, 11) is 0. The van der Waals surface area contributed by atoms with Gasteiger partial charge >= 0.3 is 0 Å². The van der Waals surface area contributed by atoms with Crippen LogP contribution in [0.15, 0.2) is 27.1 Å². The maximum absolute atomic E-state index is 5.57. The van der Waals surface area contributed by atoms with Gasteiger partial charge < -0.3 is 5.73 Å². The number of nitrogens with zero attached hydrogens (tertiary/aromatic N) is 2. The maximum atomic E-state index is 5.57. The van der Waals surface area contributed by atoms with Crippen molar-refractivity contribution in [3.63, 3.8) is 0 Å².